The van der Waals surface area contributed by atoms with Crippen molar-refractivity contribution < 1.29 is 18.8 Å². The van der Waals surface area contributed by atoms with E-state index >= 15 is 0 Å². The number of anilines is 1. The molecule has 0 saturated carbocycles. The van der Waals surface area contributed by atoms with Crippen LogP contribution in [-0.4, -0.2) is 25.6 Å². The zero-order chi connectivity index (χ0) is 21.5. The fourth-order valence-electron chi connectivity index (χ4n) is 3.55. The van der Waals surface area contributed by atoms with E-state index in [0.29, 0.717) is 6.54 Å². The number of quaternary nitrogens is 1. The van der Waals surface area contributed by atoms with Gasteiger partial charge in [-0.25, -0.2) is 4.39 Å². The van der Waals surface area contributed by atoms with Crippen molar-refractivity contribution in [2.45, 2.75) is 26.4 Å². The monoisotopic (exact) mass is 407 g/mol. The normalized spacial score (nSPS) is 12.8. The van der Waals surface area contributed by atoms with Crippen LogP contribution in [0.4, 0.5) is 10.1 Å². The second-order valence-corrected chi connectivity index (χ2v) is 7.28. The Kier molecular flexibility index (Phi) is 7.20. The number of nitrogens with one attached hydrogen (secondary N) is 2. The number of hydrogen-bond donors (Lipinski definition) is 2. The Morgan fingerprint density at radius 1 is 1.07 bits per heavy atom. The van der Waals surface area contributed by atoms with Gasteiger partial charge in [-0.2, -0.15) is 0 Å². The van der Waals surface area contributed by atoms with Gasteiger partial charge in [-0.05, 0) is 43.7 Å². The standard InChI is InChI=1S/C25H27FN2O2/c1-4-28(17-19-14-15-24(30-3)22(26)16-19)18(2)25(29)27-23-13-9-8-12-21(23)20-10-6-5-7-11-20/h5-16,18H,4,17H2,1-3H3,(H,27,29)/p+1/t18-/m1/s1. The molecule has 0 aliphatic carbocycles. The molecular weight excluding hydrogens is 379 g/mol. The number of hydrogen-bond acceptors (Lipinski definition) is 2. The SMILES string of the molecule is CC[NH+](Cc1ccc(OC)c(F)c1)[C@H](C)C(=O)Nc1ccccc1-c1ccccc1. The van der Waals surface area contributed by atoms with Crippen LogP contribution in [0.3, 0.4) is 0 Å². The number of likely N-dealkylation sites (N-methyl/N-ethyl adjacent to an activating group) is 1. The van der Waals surface area contributed by atoms with Crippen LogP contribution in [0.2, 0.25) is 0 Å². The quantitative estimate of drug-likeness (QED) is 0.594. The average molecular weight is 408 g/mol. The highest BCUT2D eigenvalue weighted by Gasteiger charge is 2.25. The fraction of sp³-hybridized carbons (Fsp3) is 0.240. The van der Waals surface area contributed by atoms with Gasteiger partial charge in [-0.15, -0.1) is 0 Å². The van der Waals surface area contributed by atoms with Crippen molar-refractivity contribution >= 4 is 11.6 Å². The smallest absolute Gasteiger partial charge is 0.282 e. The maximum Gasteiger partial charge on any atom is 0.282 e. The lowest BCUT2D eigenvalue weighted by Gasteiger charge is -2.24. The first-order chi connectivity index (χ1) is 14.5. The summed E-state index contributed by atoms with van der Waals surface area (Å²) in [6.07, 6.45) is 0. The minimum absolute atomic E-state index is 0.0655. The van der Waals surface area contributed by atoms with E-state index in [1.807, 2.05) is 74.5 Å². The van der Waals surface area contributed by atoms with Gasteiger partial charge in [0.15, 0.2) is 17.6 Å². The van der Waals surface area contributed by atoms with Crippen LogP contribution in [0.1, 0.15) is 19.4 Å². The van der Waals surface area contributed by atoms with Crippen molar-refractivity contribution in [2.75, 3.05) is 19.0 Å². The molecule has 0 bridgehead atoms. The third-order valence-electron chi connectivity index (χ3n) is 5.38. The number of amides is 1. The summed E-state index contributed by atoms with van der Waals surface area (Å²) in [6, 6.07) is 22.4. The molecule has 0 aliphatic rings. The number of halogens is 1. The van der Waals surface area contributed by atoms with Crippen LogP contribution in [0.25, 0.3) is 11.1 Å². The predicted molar refractivity (Wildman–Crippen MR) is 118 cm³/mol. The van der Waals surface area contributed by atoms with Gasteiger partial charge in [0.25, 0.3) is 5.91 Å². The molecule has 3 rings (SSSR count). The zero-order valence-electron chi connectivity index (χ0n) is 17.6. The van der Waals surface area contributed by atoms with E-state index in [0.717, 1.165) is 33.8 Å². The second kappa shape index (κ2) is 10.0. The lowest BCUT2D eigenvalue weighted by atomic mass is 10.0. The molecular formula is C25H28FN2O2+. The highest BCUT2D eigenvalue weighted by atomic mass is 19.1. The Morgan fingerprint density at radius 3 is 2.43 bits per heavy atom. The molecule has 0 heterocycles. The number of carbonyl (C=O) groups is 1. The molecule has 0 saturated heterocycles. The molecule has 3 aromatic carbocycles. The molecule has 2 atom stereocenters. The summed E-state index contributed by atoms with van der Waals surface area (Å²) in [5.74, 6) is -0.233. The molecule has 1 amide bonds. The van der Waals surface area contributed by atoms with E-state index < -0.39 is 0 Å². The van der Waals surface area contributed by atoms with Gasteiger partial charge in [-0.1, -0.05) is 48.5 Å². The summed E-state index contributed by atoms with van der Waals surface area (Å²) < 4.78 is 19.0. The minimum Gasteiger partial charge on any atom is -0.494 e. The van der Waals surface area contributed by atoms with Gasteiger partial charge >= 0.3 is 0 Å². The number of carbonyl (C=O) groups excluding carboxylic acids is 1. The van der Waals surface area contributed by atoms with Crippen molar-refractivity contribution in [3.8, 4) is 16.9 Å². The summed E-state index contributed by atoms with van der Waals surface area (Å²) >= 11 is 0. The van der Waals surface area contributed by atoms with Crippen LogP contribution >= 0.6 is 0 Å². The van der Waals surface area contributed by atoms with Crippen molar-refractivity contribution in [1.82, 2.24) is 0 Å². The van der Waals surface area contributed by atoms with Crippen LogP contribution in [0, 0.1) is 5.82 Å². The lowest BCUT2D eigenvalue weighted by molar-refractivity contribution is -0.925. The third-order valence-corrected chi connectivity index (χ3v) is 5.38. The Balaban J connectivity index is 1.74. The van der Waals surface area contributed by atoms with Crippen molar-refractivity contribution in [1.29, 1.82) is 0 Å². The van der Waals surface area contributed by atoms with Crippen molar-refractivity contribution in [3.05, 3.63) is 84.2 Å². The second-order valence-electron chi connectivity index (χ2n) is 7.28. The van der Waals surface area contributed by atoms with E-state index in [1.54, 1.807) is 6.07 Å². The molecule has 0 fully saturated rings. The molecule has 1 unspecified atom stereocenters. The first-order valence-electron chi connectivity index (χ1n) is 10.2. The van der Waals surface area contributed by atoms with E-state index in [9.17, 15) is 9.18 Å². The van der Waals surface area contributed by atoms with E-state index in [2.05, 4.69) is 5.32 Å². The van der Waals surface area contributed by atoms with Gasteiger partial charge in [0.1, 0.15) is 6.54 Å². The molecule has 3 aromatic rings. The maximum absolute atomic E-state index is 14.0. The van der Waals surface area contributed by atoms with Gasteiger partial charge < -0.3 is 15.0 Å². The highest BCUT2D eigenvalue weighted by molar-refractivity contribution is 5.97. The number of ether oxygens (including phenoxy) is 1. The summed E-state index contributed by atoms with van der Waals surface area (Å²) in [4.78, 5) is 14.1. The van der Waals surface area contributed by atoms with Crippen molar-refractivity contribution in [3.63, 3.8) is 0 Å². The lowest BCUT2D eigenvalue weighted by Crippen LogP contribution is -3.15. The van der Waals surface area contributed by atoms with Crippen LogP contribution < -0.4 is 15.0 Å². The molecule has 0 spiro atoms. The number of para-hydroxylation sites is 1. The topological polar surface area (TPSA) is 42.8 Å². The van der Waals surface area contributed by atoms with Gasteiger partial charge in [0, 0.05) is 16.8 Å². The summed E-state index contributed by atoms with van der Waals surface area (Å²) in [5, 5.41) is 3.09. The number of benzene rings is 3. The van der Waals surface area contributed by atoms with Crippen LogP contribution in [0.15, 0.2) is 72.8 Å². The fourth-order valence-corrected chi connectivity index (χ4v) is 3.55. The molecule has 0 radical (unpaired) electrons. The molecule has 5 heteroatoms. The van der Waals surface area contributed by atoms with Crippen molar-refractivity contribution in [2.24, 2.45) is 0 Å². The first-order valence-corrected chi connectivity index (χ1v) is 10.2. The Hall–Kier alpha value is -3.18. The summed E-state index contributed by atoms with van der Waals surface area (Å²) in [6.45, 7) is 5.21. The molecule has 2 N–H and O–H groups in total. The van der Waals surface area contributed by atoms with Crippen LogP contribution in [-0.2, 0) is 11.3 Å². The number of rotatable bonds is 8. The van der Waals surface area contributed by atoms with Crippen LogP contribution in [0.5, 0.6) is 5.75 Å². The van der Waals surface area contributed by atoms with Gasteiger partial charge in [0.05, 0.1) is 13.7 Å². The van der Waals surface area contributed by atoms with E-state index in [1.165, 1.54) is 13.2 Å². The van der Waals surface area contributed by atoms with Gasteiger partial charge in [-0.3, -0.25) is 4.79 Å². The van der Waals surface area contributed by atoms with E-state index in [-0.39, 0.29) is 23.5 Å². The average Bonchev–Trinajstić information content (AvgIpc) is 2.78. The first kappa shape index (κ1) is 21.5. The van der Waals surface area contributed by atoms with Gasteiger partial charge in [0.2, 0.25) is 0 Å². The maximum atomic E-state index is 14.0. The Bertz CT molecular complexity index is 991. The van der Waals surface area contributed by atoms with E-state index in [4.69, 9.17) is 4.74 Å². The number of methoxy groups -OCH3 is 1. The molecule has 0 aliphatic heterocycles. The Morgan fingerprint density at radius 2 is 1.77 bits per heavy atom. The molecule has 0 aromatic heterocycles. The minimum atomic E-state index is -0.389. The Labute approximate surface area is 177 Å². The predicted octanol–water partition coefficient (Wildman–Crippen LogP) is 3.93. The summed E-state index contributed by atoms with van der Waals surface area (Å²) in [5.41, 5.74) is 3.64. The summed E-state index contributed by atoms with van der Waals surface area (Å²) in [7, 11) is 1.45. The molecule has 4 nitrogen and oxygen atoms in total. The largest absolute Gasteiger partial charge is 0.494 e. The molecule has 156 valence electrons. The highest BCUT2D eigenvalue weighted by Crippen LogP contribution is 2.27. The molecule has 30 heavy (non-hydrogen) atoms. The zero-order valence-corrected chi connectivity index (χ0v) is 17.6. The third kappa shape index (κ3) is 5.05.